The Morgan fingerprint density at radius 2 is 1.91 bits per heavy atom. The number of rotatable bonds is 5. The molecule has 0 aliphatic heterocycles. The third-order valence-electron chi connectivity index (χ3n) is 5.15. The average Bonchev–Trinajstić information content (AvgIpc) is 3.58. The fraction of sp³-hybridized carbons (Fsp3) is 0.0400. The summed E-state index contributed by atoms with van der Waals surface area (Å²) in [7, 11) is 1.37. The third kappa shape index (κ3) is 3.96. The Labute approximate surface area is 207 Å². The summed E-state index contributed by atoms with van der Waals surface area (Å²) in [6, 6.07) is 21.6. The van der Waals surface area contributed by atoms with Gasteiger partial charge in [-0.1, -0.05) is 17.7 Å². The van der Waals surface area contributed by atoms with Gasteiger partial charge in [0.15, 0.2) is 0 Å². The molecule has 0 N–H and O–H groups in total. The van der Waals surface area contributed by atoms with E-state index < -0.39 is 5.97 Å². The average molecular weight is 507 g/mol. The highest BCUT2D eigenvalue weighted by molar-refractivity contribution is 7.98. The molecule has 0 atom stereocenters. The summed E-state index contributed by atoms with van der Waals surface area (Å²) in [4.78, 5) is 15.0. The summed E-state index contributed by atoms with van der Waals surface area (Å²) >= 11 is 10.7. The quantitative estimate of drug-likeness (QED) is 0.227. The van der Waals surface area contributed by atoms with Gasteiger partial charge in [0.05, 0.1) is 28.8 Å². The maximum atomic E-state index is 12.3. The van der Waals surface area contributed by atoms with Crippen molar-refractivity contribution in [1.29, 1.82) is 5.26 Å². The van der Waals surface area contributed by atoms with Gasteiger partial charge >= 0.3 is 5.97 Å². The van der Waals surface area contributed by atoms with Crippen molar-refractivity contribution in [2.24, 2.45) is 0 Å². The zero-order valence-corrected chi connectivity index (χ0v) is 20.4. The van der Waals surface area contributed by atoms with Gasteiger partial charge in [-0.05, 0) is 77.3 Å². The number of benzene rings is 2. The third-order valence-corrected chi connectivity index (χ3v) is 8.14. The lowest BCUT2D eigenvalue weighted by Gasteiger charge is -2.10. The first-order chi connectivity index (χ1) is 16.1. The van der Waals surface area contributed by atoms with Crippen molar-refractivity contribution in [3.63, 3.8) is 0 Å². The minimum Gasteiger partial charge on any atom is -0.465 e. The van der Waals surface area contributed by atoms with E-state index in [0.717, 1.165) is 37.5 Å². The summed E-state index contributed by atoms with van der Waals surface area (Å²) < 4.78 is 7.13. The number of ether oxygens (including phenoxy) is 1. The number of nitrogens with zero attached hydrogens (tertiary/aromatic N) is 2. The lowest BCUT2D eigenvalue weighted by molar-refractivity contribution is 0.0601. The number of esters is 1. The van der Waals surface area contributed by atoms with E-state index in [1.807, 2.05) is 59.3 Å². The number of methoxy groups -OCH3 is 1. The van der Waals surface area contributed by atoms with Crippen LogP contribution in [-0.4, -0.2) is 17.1 Å². The summed E-state index contributed by atoms with van der Waals surface area (Å²) in [6.07, 6.45) is 0. The molecule has 162 valence electrons. The molecule has 5 aromatic rings. The van der Waals surface area contributed by atoms with Crippen LogP contribution in [0.3, 0.4) is 0 Å². The molecule has 0 saturated carbocycles. The Morgan fingerprint density at radius 3 is 2.61 bits per heavy atom. The molecule has 0 spiro atoms. The van der Waals surface area contributed by atoms with E-state index in [1.165, 1.54) is 18.4 Å². The van der Waals surface area contributed by atoms with E-state index in [-0.39, 0.29) is 0 Å². The lowest BCUT2D eigenvalue weighted by Crippen LogP contribution is -2.00. The molecule has 3 heterocycles. The van der Waals surface area contributed by atoms with Gasteiger partial charge in [0.2, 0.25) is 0 Å². The second-order valence-electron chi connectivity index (χ2n) is 7.04. The van der Waals surface area contributed by atoms with E-state index >= 15 is 0 Å². The van der Waals surface area contributed by atoms with Crippen LogP contribution in [0.1, 0.15) is 15.2 Å². The number of halogens is 1. The van der Waals surface area contributed by atoms with E-state index in [1.54, 1.807) is 29.4 Å². The molecular weight excluding hydrogens is 492 g/mol. The van der Waals surface area contributed by atoms with Gasteiger partial charge in [-0.3, -0.25) is 3.97 Å². The lowest BCUT2D eigenvalue weighted by atomic mass is 10.0. The van der Waals surface area contributed by atoms with Crippen LogP contribution < -0.4 is 0 Å². The Kier molecular flexibility index (Phi) is 6.00. The number of fused-ring (bicyclic) bond motifs is 1. The maximum absolute atomic E-state index is 12.3. The van der Waals surface area contributed by atoms with E-state index in [9.17, 15) is 10.1 Å². The van der Waals surface area contributed by atoms with Gasteiger partial charge in [-0.15, -0.1) is 22.7 Å². The first-order valence-electron chi connectivity index (χ1n) is 9.83. The van der Waals surface area contributed by atoms with Gasteiger partial charge in [-0.2, -0.15) is 5.26 Å². The van der Waals surface area contributed by atoms with Crippen LogP contribution in [0.5, 0.6) is 0 Å². The molecule has 0 saturated heterocycles. The molecule has 0 radical (unpaired) electrons. The second kappa shape index (κ2) is 9.08. The van der Waals surface area contributed by atoms with Gasteiger partial charge in [0.1, 0.15) is 10.9 Å². The standard InChI is InChI=1S/C25H15ClN2O2S3/c1-30-25(29)15-4-9-20-19(13-15)23(18-10-12-32-22(18)14-27)24(21-3-2-11-31-21)28(20)33-17-7-5-16(26)6-8-17/h2-13H,1H3. The number of carbonyl (C=O) groups excluding carboxylic acids is 1. The highest BCUT2D eigenvalue weighted by Crippen LogP contribution is 2.47. The fourth-order valence-corrected chi connectivity index (χ4v) is 6.35. The second-order valence-corrected chi connectivity index (χ2v) is 10.4. The number of carbonyl (C=O) groups is 1. The molecule has 0 aliphatic carbocycles. The van der Waals surface area contributed by atoms with Gasteiger partial charge in [0.25, 0.3) is 0 Å². The maximum Gasteiger partial charge on any atom is 0.337 e. The fourth-order valence-electron chi connectivity index (χ4n) is 3.71. The SMILES string of the molecule is COC(=O)c1ccc2c(c1)c(-c1ccsc1C#N)c(-c1cccs1)n2Sc1ccc(Cl)cc1. The van der Waals surface area contributed by atoms with Crippen LogP contribution in [0.4, 0.5) is 0 Å². The van der Waals surface area contributed by atoms with Crippen LogP contribution >= 0.6 is 46.2 Å². The van der Waals surface area contributed by atoms with Crippen molar-refractivity contribution in [2.45, 2.75) is 4.90 Å². The zero-order chi connectivity index (χ0) is 22.9. The molecule has 8 heteroatoms. The van der Waals surface area contributed by atoms with Crippen molar-refractivity contribution in [3.05, 3.63) is 86.9 Å². The highest BCUT2D eigenvalue weighted by Gasteiger charge is 2.25. The van der Waals surface area contributed by atoms with E-state index in [4.69, 9.17) is 16.3 Å². The van der Waals surface area contributed by atoms with Gasteiger partial charge in [-0.25, -0.2) is 4.79 Å². The smallest absolute Gasteiger partial charge is 0.337 e. The van der Waals surface area contributed by atoms with E-state index in [0.29, 0.717) is 15.5 Å². The number of hydrogen-bond acceptors (Lipinski definition) is 6. The Hall–Kier alpha value is -3.02. The van der Waals surface area contributed by atoms with Crippen LogP contribution in [0.25, 0.3) is 32.6 Å². The zero-order valence-electron chi connectivity index (χ0n) is 17.2. The van der Waals surface area contributed by atoms with Gasteiger partial charge < -0.3 is 4.74 Å². The van der Waals surface area contributed by atoms with Crippen LogP contribution in [0.15, 0.2) is 76.3 Å². The summed E-state index contributed by atoms with van der Waals surface area (Å²) in [6.45, 7) is 0. The summed E-state index contributed by atoms with van der Waals surface area (Å²) in [5, 5.41) is 15.3. The monoisotopic (exact) mass is 506 g/mol. The van der Waals surface area contributed by atoms with Crippen LogP contribution in [0.2, 0.25) is 5.02 Å². The Morgan fingerprint density at radius 1 is 1.09 bits per heavy atom. The van der Waals surface area contributed by atoms with Crippen molar-refractivity contribution < 1.29 is 9.53 Å². The molecule has 33 heavy (non-hydrogen) atoms. The number of thiophene rings is 2. The Bertz CT molecular complexity index is 1510. The van der Waals surface area contributed by atoms with Gasteiger partial charge in [0, 0.05) is 26.4 Å². The molecule has 0 fully saturated rings. The molecular formula is C25H15ClN2O2S3. The molecule has 4 nitrogen and oxygen atoms in total. The Balaban J connectivity index is 1.86. The molecule has 5 rings (SSSR count). The van der Waals surface area contributed by atoms with Crippen molar-refractivity contribution >= 4 is 63.1 Å². The summed E-state index contributed by atoms with van der Waals surface area (Å²) in [5.74, 6) is -0.399. The molecule has 0 amide bonds. The van der Waals surface area contributed by atoms with Crippen LogP contribution in [-0.2, 0) is 4.74 Å². The molecule has 0 aliphatic rings. The predicted molar refractivity (Wildman–Crippen MR) is 137 cm³/mol. The number of nitriles is 1. The number of hydrogen-bond donors (Lipinski definition) is 0. The molecule has 2 aromatic carbocycles. The minimum atomic E-state index is -0.399. The van der Waals surface area contributed by atoms with E-state index in [2.05, 4.69) is 16.1 Å². The largest absolute Gasteiger partial charge is 0.465 e. The predicted octanol–water partition coefficient (Wildman–Crippen LogP) is 7.97. The minimum absolute atomic E-state index is 0.399. The molecule has 0 bridgehead atoms. The molecule has 0 unspecified atom stereocenters. The highest BCUT2D eigenvalue weighted by atomic mass is 35.5. The van der Waals surface area contributed by atoms with Crippen molar-refractivity contribution in [1.82, 2.24) is 3.97 Å². The topological polar surface area (TPSA) is 55.0 Å². The number of aromatic nitrogens is 1. The van der Waals surface area contributed by atoms with Crippen molar-refractivity contribution in [2.75, 3.05) is 7.11 Å². The first kappa shape index (κ1) is 21.8. The van der Waals surface area contributed by atoms with Crippen molar-refractivity contribution in [3.8, 4) is 27.8 Å². The van der Waals surface area contributed by atoms with Crippen LogP contribution in [0, 0.1) is 11.3 Å². The summed E-state index contributed by atoms with van der Waals surface area (Å²) in [5.41, 5.74) is 4.17. The first-order valence-corrected chi connectivity index (χ1v) is 12.7. The normalized spacial score (nSPS) is 10.9. The molecule has 3 aromatic heterocycles.